The van der Waals surface area contributed by atoms with Gasteiger partial charge in [0.1, 0.15) is 23.7 Å². The minimum Gasteiger partial charge on any atom is -0.497 e. The zero-order valence-electron chi connectivity index (χ0n) is 12.1. The van der Waals surface area contributed by atoms with Gasteiger partial charge >= 0.3 is 0 Å². The van der Waals surface area contributed by atoms with Gasteiger partial charge in [-0.2, -0.15) is 0 Å². The number of ether oxygens (including phenoxy) is 1. The number of aromatic nitrogens is 2. The van der Waals surface area contributed by atoms with Crippen molar-refractivity contribution in [3.8, 4) is 5.75 Å². The molecule has 20 heavy (non-hydrogen) atoms. The number of rotatable bonds is 6. The van der Waals surface area contributed by atoms with Crippen LogP contribution in [0.1, 0.15) is 13.3 Å². The molecule has 5 nitrogen and oxygen atoms in total. The highest BCUT2D eigenvalue weighted by molar-refractivity contribution is 5.62. The minimum atomic E-state index is 0.843. The zero-order chi connectivity index (χ0) is 14.4. The Morgan fingerprint density at radius 1 is 1.20 bits per heavy atom. The lowest BCUT2D eigenvalue weighted by Crippen LogP contribution is -2.12. The Balaban J connectivity index is 2.16. The van der Waals surface area contributed by atoms with Crippen LogP contribution in [0.25, 0.3) is 0 Å². The van der Waals surface area contributed by atoms with E-state index in [-0.39, 0.29) is 0 Å². The first-order valence-electron chi connectivity index (χ1n) is 6.68. The van der Waals surface area contributed by atoms with E-state index in [0.717, 1.165) is 36.0 Å². The molecular weight excluding hydrogens is 252 g/mol. The summed E-state index contributed by atoms with van der Waals surface area (Å²) in [7, 11) is 3.64. The first kappa shape index (κ1) is 14.1. The molecule has 2 aromatic rings. The van der Waals surface area contributed by atoms with E-state index in [2.05, 4.69) is 22.2 Å². The second-order valence-electron chi connectivity index (χ2n) is 4.45. The molecule has 1 aromatic heterocycles. The molecule has 0 aliphatic rings. The molecule has 0 bridgehead atoms. The average molecular weight is 272 g/mol. The van der Waals surface area contributed by atoms with E-state index in [9.17, 15) is 0 Å². The van der Waals surface area contributed by atoms with E-state index in [0.29, 0.717) is 0 Å². The summed E-state index contributed by atoms with van der Waals surface area (Å²) in [5, 5.41) is 3.26. The lowest BCUT2D eigenvalue weighted by Gasteiger charge is -2.19. The highest BCUT2D eigenvalue weighted by atomic mass is 16.5. The van der Waals surface area contributed by atoms with Crippen molar-refractivity contribution in [2.24, 2.45) is 0 Å². The van der Waals surface area contributed by atoms with Crippen molar-refractivity contribution in [3.63, 3.8) is 0 Å². The molecule has 1 N–H and O–H groups in total. The van der Waals surface area contributed by atoms with Crippen LogP contribution in [0.4, 0.5) is 17.3 Å². The summed E-state index contributed by atoms with van der Waals surface area (Å²) in [6, 6.07) is 9.81. The molecule has 1 aromatic carbocycles. The van der Waals surface area contributed by atoms with E-state index in [1.807, 2.05) is 42.3 Å². The van der Waals surface area contributed by atoms with Crippen molar-refractivity contribution in [3.05, 3.63) is 36.7 Å². The Hall–Kier alpha value is -2.30. The van der Waals surface area contributed by atoms with Crippen LogP contribution in [0, 0.1) is 0 Å². The standard InChI is InChI=1S/C15H20N4O/c1-4-9-16-14-10-15(18-11-17-14)19(2)12-5-7-13(20-3)8-6-12/h5-8,10-11H,4,9H2,1-3H3,(H,16,17,18). The molecule has 0 amide bonds. The Kier molecular flexibility index (Phi) is 4.76. The van der Waals surface area contributed by atoms with Crippen molar-refractivity contribution in [2.45, 2.75) is 13.3 Å². The van der Waals surface area contributed by atoms with Crippen LogP contribution in [0.5, 0.6) is 5.75 Å². The molecule has 2 rings (SSSR count). The molecule has 0 atom stereocenters. The molecule has 0 aliphatic heterocycles. The summed E-state index contributed by atoms with van der Waals surface area (Å²) in [6.07, 6.45) is 2.64. The zero-order valence-corrected chi connectivity index (χ0v) is 12.1. The number of hydrogen-bond acceptors (Lipinski definition) is 5. The number of nitrogens with zero attached hydrogens (tertiary/aromatic N) is 3. The molecule has 0 fully saturated rings. The van der Waals surface area contributed by atoms with Crippen LogP contribution in [-0.2, 0) is 0 Å². The van der Waals surface area contributed by atoms with Crippen molar-refractivity contribution in [1.82, 2.24) is 9.97 Å². The van der Waals surface area contributed by atoms with Gasteiger partial charge in [0.2, 0.25) is 0 Å². The van der Waals surface area contributed by atoms with Gasteiger partial charge in [0.25, 0.3) is 0 Å². The van der Waals surface area contributed by atoms with Crippen LogP contribution in [-0.4, -0.2) is 30.7 Å². The van der Waals surface area contributed by atoms with Gasteiger partial charge in [-0.05, 0) is 30.7 Å². The van der Waals surface area contributed by atoms with Gasteiger partial charge in [-0.3, -0.25) is 0 Å². The van der Waals surface area contributed by atoms with Crippen LogP contribution in [0.15, 0.2) is 36.7 Å². The second kappa shape index (κ2) is 6.75. The van der Waals surface area contributed by atoms with Gasteiger partial charge in [0.15, 0.2) is 0 Å². The summed E-state index contributed by atoms with van der Waals surface area (Å²) >= 11 is 0. The van der Waals surface area contributed by atoms with E-state index in [1.54, 1.807) is 13.4 Å². The quantitative estimate of drug-likeness (QED) is 0.875. The smallest absolute Gasteiger partial charge is 0.138 e. The van der Waals surface area contributed by atoms with E-state index < -0.39 is 0 Å². The topological polar surface area (TPSA) is 50.3 Å². The van der Waals surface area contributed by atoms with Crippen LogP contribution >= 0.6 is 0 Å². The maximum Gasteiger partial charge on any atom is 0.138 e. The minimum absolute atomic E-state index is 0.843. The van der Waals surface area contributed by atoms with Gasteiger partial charge in [-0.1, -0.05) is 6.92 Å². The largest absolute Gasteiger partial charge is 0.497 e. The summed E-state index contributed by atoms with van der Waals surface area (Å²) < 4.78 is 5.16. The third kappa shape index (κ3) is 3.38. The van der Waals surface area contributed by atoms with Crippen LogP contribution < -0.4 is 15.0 Å². The Labute approximate surface area is 119 Å². The fourth-order valence-electron chi connectivity index (χ4n) is 1.82. The molecule has 0 aliphatic carbocycles. The SMILES string of the molecule is CCCNc1cc(N(C)c2ccc(OC)cc2)ncn1. The van der Waals surface area contributed by atoms with Crippen LogP contribution in [0.2, 0.25) is 0 Å². The lowest BCUT2D eigenvalue weighted by molar-refractivity contribution is 0.415. The summed E-state index contributed by atoms with van der Waals surface area (Å²) in [5.74, 6) is 2.54. The summed E-state index contributed by atoms with van der Waals surface area (Å²) in [6.45, 7) is 3.03. The maximum atomic E-state index is 5.16. The third-order valence-corrected chi connectivity index (χ3v) is 3.01. The predicted octanol–water partition coefficient (Wildman–Crippen LogP) is 3.08. The van der Waals surface area contributed by atoms with Gasteiger partial charge in [-0.15, -0.1) is 0 Å². The number of hydrogen-bond donors (Lipinski definition) is 1. The van der Waals surface area contributed by atoms with E-state index in [1.165, 1.54) is 0 Å². The molecule has 1 heterocycles. The summed E-state index contributed by atoms with van der Waals surface area (Å²) in [5.41, 5.74) is 1.05. The highest BCUT2D eigenvalue weighted by Crippen LogP contribution is 2.24. The second-order valence-corrected chi connectivity index (χ2v) is 4.45. The van der Waals surface area contributed by atoms with E-state index >= 15 is 0 Å². The molecule has 0 spiro atoms. The highest BCUT2D eigenvalue weighted by Gasteiger charge is 2.07. The predicted molar refractivity (Wildman–Crippen MR) is 81.9 cm³/mol. The monoisotopic (exact) mass is 272 g/mol. The maximum absolute atomic E-state index is 5.16. The Morgan fingerprint density at radius 3 is 2.60 bits per heavy atom. The molecular formula is C15H20N4O. The van der Waals surface area contributed by atoms with Gasteiger partial charge < -0.3 is 15.0 Å². The molecule has 0 saturated heterocycles. The fraction of sp³-hybridized carbons (Fsp3) is 0.333. The lowest BCUT2D eigenvalue weighted by atomic mass is 10.3. The number of benzene rings is 1. The van der Waals surface area contributed by atoms with Crippen LogP contribution in [0.3, 0.4) is 0 Å². The Morgan fingerprint density at radius 2 is 1.95 bits per heavy atom. The number of nitrogens with one attached hydrogen (secondary N) is 1. The first-order valence-corrected chi connectivity index (χ1v) is 6.68. The van der Waals surface area contributed by atoms with Crippen molar-refractivity contribution in [2.75, 3.05) is 30.9 Å². The molecule has 106 valence electrons. The van der Waals surface area contributed by atoms with Crippen molar-refractivity contribution < 1.29 is 4.74 Å². The number of methoxy groups -OCH3 is 1. The molecule has 0 saturated carbocycles. The molecule has 0 unspecified atom stereocenters. The Bertz CT molecular complexity index is 542. The average Bonchev–Trinajstić information content (AvgIpc) is 2.52. The summed E-state index contributed by atoms with van der Waals surface area (Å²) in [4.78, 5) is 10.5. The molecule has 0 radical (unpaired) electrons. The van der Waals surface area contributed by atoms with Gasteiger partial charge in [0, 0.05) is 25.3 Å². The van der Waals surface area contributed by atoms with Gasteiger partial charge in [0.05, 0.1) is 7.11 Å². The first-order chi connectivity index (χ1) is 9.74. The van der Waals surface area contributed by atoms with Gasteiger partial charge in [-0.25, -0.2) is 9.97 Å². The fourth-order valence-corrected chi connectivity index (χ4v) is 1.82. The van der Waals surface area contributed by atoms with E-state index in [4.69, 9.17) is 4.74 Å². The third-order valence-electron chi connectivity index (χ3n) is 3.01. The normalized spacial score (nSPS) is 10.2. The number of anilines is 3. The molecule has 5 heteroatoms. The van der Waals surface area contributed by atoms with Crippen molar-refractivity contribution >= 4 is 17.3 Å². The van der Waals surface area contributed by atoms with Crippen molar-refractivity contribution in [1.29, 1.82) is 0 Å².